The molecule has 3 rings (SSSR count). The van der Waals surface area contributed by atoms with Crippen molar-refractivity contribution in [2.75, 3.05) is 0 Å². The summed E-state index contributed by atoms with van der Waals surface area (Å²) in [7, 11) is 0. The van der Waals surface area contributed by atoms with E-state index in [9.17, 15) is 0 Å². The Morgan fingerprint density at radius 1 is 0.955 bits per heavy atom. The summed E-state index contributed by atoms with van der Waals surface area (Å²) in [5, 5.41) is 3.67. The number of para-hydroxylation sites is 1. The molecule has 2 aromatic carbocycles. The van der Waals surface area contributed by atoms with Crippen LogP contribution in [0.5, 0.6) is 5.75 Å². The summed E-state index contributed by atoms with van der Waals surface area (Å²) < 4.78 is 6.08. The van der Waals surface area contributed by atoms with Gasteiger partial charge in [-0.15, -0.1) is 0 Å². The van der Waals surface area contributed by atoms with Gasteiger partial charge in [0.05, 0.1) is 0 Å². The van der Waals surface area contributed by atoms with Crippen LogP contribution in [0.2, 0.25) is 0 Å². The fourth-order valence-electron chi connectivity index (χ4n) is 3.10. The molecule has 0 saturated heterocycles. The van der Waals surface area contributed by atoms with Gasteiger partial charge < -0.3 is 10.1 Å². The maximum atomic E-state index is 6.08. The second kappa shape index (κ2) is 7.46. The molecule has 116 valence electrons. The molecule has 0 radical (unpaired) electrons. The molecule has 1 saturated carbocycles. The van der Waals surface area contributed by atoms with E-state index in [2.05, 4.69) is 54.7 Å². The molecule has 0 unspecified atom stereocenters. The molecule has 22 heavy (non-hydrogen) atoms. The summed E-state index contributed by atoms with van der Waals surface area (Å²) in [6.45, 7) is 3.66. The average Bonchev–Trinajstić information content (AvgIpc) is 3.06. The third-order valence-corrected chi connectivity index (χ3v) is 4.55. The Labute approximate surface area is 133 Å². The molecule has 0 atom stereocenters. The minimum Gasteiger partial charge on any atom is -0.489 e. The molecule has 0 bridgehead atoms. The second-order valence-electron chi connectivity index (χ2n) is 6.19. The van der Waals surface area contributed by atoms with Crippen molar-refractivity contribution in [3.63, 3.8) is 0 Å². The SMILES string of the molecule is Cc1ccccc1COc1ccccc1CNC1CCCC1. The highest BCUT2D eigenvalue weighted by molar-refractivity contribution is 5.34. The van der Waals surface area contributed by atoms with Gasteiger partial charge in [0.15, 0.2) is 0 Å². The van der Waals surface area contributed by atoms with Crippen LogP contribution in [0.15, 0.2) is 48.5 Å². The van der Waals surface area contributed by atoms with Crippen LogP contribution >= 0.6 is 0 Å². The maximum Gasteiger partial charge on any atom is 0.124 e. The standard InChI is InChI=1S/C20H25NO/c1-16-8-2-3-10-18(16)15-22-20-13-7-4-9-17(20)14-21-19-11-5-6-12-19/h2-4,7-10,13,19,21H,5-6,11-12,14-15H2,1H3. The lowest BCUT2D eigenvalue weighted by Crippen LogP contribution is -2.25. The Kier molecular flexibility index (Phi) is 5.12. The van der Waals surface area contributed by atoms with Crippen molar-refractivity contribution in [3.8, 4) is 5.75 Å². The number of hydrogen-bond donors (Lipinski definition) is 1. The topological polar surface area (TPSA) is 21.3 Å². The van der Waals surface area contributed by atoms with Crippen molar-refractivity contribution >= 4 is 0 Å². The number of nitrogens with one attached hydrogen (secondary N) is 1. The average molecular weight is 295 g/mol. The Morgan fingerprint density at radius 2 is 1.64 bits per heavy atom. The van der Waals surface area contributed by atoms with Gasteiger partial charge in [-0.05, 0) is 37.0 Å². The Balaban J connectivity index is 1.62. The lowest BCUT2D eigenvalue weighted by molar-refractivity contribution is 0.300. The van der Waals surface area contributed by atoms with E-state index in [1.807, 2.05) is 6.07 Å². The van der Waals surface area contributed by atoms with Crippen molar-refractivity contribution in [1.82, 2.24) is 5.32 Å². The van der Waals surface area contributed by atoms with E-state index in [1.165, 1.54) is 42.4 Å². The van der Waals surface area contributed by atoms with Gasteiger partial charge >= 0.3 is 0 Å². The zero-order valence-electron chi connectivity index (χ0n) is 13.3. The minimum atomic E-state index is 0.632. The molecule has 2 heteroatoms. The van der Waals surface area contributed by atoms with Gasteiger partial charge in [-0.3, -0.25) is 0 Å². The Morgan fingerprint density at radius 3 is 2.41 bits per heavy atom. The Hall–Kier alpha value is -1.80. The van der Waals surface area contributed by atoms with Gasteiger partial charge in [0, 0.05) is 18.2 Å². The number of benzene rings is 2. The lowest BCUT2D eigenvalue weighted by Gasteiger charge is -2.16. The smallest absolute Gasteiger partial charge is 0.124 e. The van der Waals surface area contributed by atoms with E-state index in [0.717, 1.165) is 12.3 Å². The van der Waals surface area contributed by atoms with Crippen molar-refractivity contribution in [2.45, 2.75) is 51.8 Å². The van der Waals surface area contributed by atoms with E-state index in [4.69, 9.17) is 4.74 Å². The summed E-state index contributed by atoms with van der Waals surface area (Å²) in [5.41, 5.74) is 3.79. The largest absolute Gasteiger partial charge is 0.489 e. The van der Waals surface area contributed by atoms with Crippen LogP contribution in [0, 0.1) is 6.92 Å². The van der Waals surface area contributed by atoms with E-state index in [-0.39, 0.29) is 0 Å². The first-order chi connectivity index (χ1) is 10.8. The quantitative estimate of drug-likeness (QED) is 0.840. The molecule has 1 aliphatic rings. The molecular weight excluding hydrogens is 270 g/mol. The van der Waals surface area contributed by atoms with Crippen LogP contribution in [-0.2, 0) is 13.2 Å². The van der Waals surface area contributed by atoms with Gasteiger partial charge in [0.2, 0.25) is 0 Å². The first-order valence-corrected chi connectivity index (χ1v) is 8.31. The van der Waals surface area contributed by atoms with Crippen LogP contribution in [0.3, 0.4) is 0 Å². The van der Waals surface area contributed by atoms with Crippen LogP contribution in [0.1, 0.15) is 42.4 Å². The van der Waals surface area contributed by atoms with Gasteiger partial charge in [-0.25, -0.2) is 0 Å². The van der Waals surface area contributed by atoms with Crippen LogP contribution in [0.25, 0.3) is 0 Å². The molecule has 1 N–H and O–H groups in total. The third kappa shape index (κ3) is 3.89. The normalized spacial score (nSPS) is 15.1. The first kappa shape index (κ1) is 15.1. The molecular formula is C20H25NO. The van der Waals surface area contributed by atoms with Crippen molar-refractivity contribution in [2.24, 2.45) is 0 Å². The van der Waals surface area contributed by atoms with Crippen LogP contribution in [0.4, 0.5) is 0 Å². The summed E-state index contributed by atoms with van der Waals surface area (Å²) in [6.07, 6.45) is 5.35. The highest BCUT2D eigenvalue weighted by Crippen LogP contribution is 2.22. The predicted molar refractivity (Wildman–Crippen MR) is 91.0 cm³/mol. The monoisotopic (exact) mass is 295 g/mol. The number of ether oxygens (including phenoxy) is 1. The minimum absolute atomic E-state index is 0.632. The Bertz CT molecular complexity index is 602. The second-order valence-corrected chi connectivity index (χ2v) is 6.19. The fraction of sp³-hybridized carbons (Fsp3) is 0.400. The van der Waals surface area contributed by atoms with Gasteiger partial charge in [-0.2, -0.15) is 0 Å². The van der Waals surface area contributed by atoms with Crippen LogP contribution < -0.4 is 10.1 Å². The molecule has 0 amide bonds. The van der Waals surface area contributed by atoms with Gasteiger partial charge in [0.25, 0.3) is 0 Å². The summed E-state index contributed by atoms with van der Waals surface area (Å²) in [5.74, 6) is 0.997. The molecule has 0 aromatic heterocycles. The first-order valence-electron chi connectivity index (χ1n) is 8.31. The summed E-state index contributed by atoms with van der Waals surface area (Å²) in [4.78, 5) is 0. The number of aryl methyl sites for hydroxylation is 1. The van der Waals surface area contributed by atoms with E-state index >= 15 is 0 Å². The van der Waals surface area contributed by atoms with Gasteiger partial charge in [-0.1, -0.05) is 55.3 Å². The molecule has 2 nitrogen and oxygen atoms in total. The molecule has 1 aliphatic carbocycles. The molecule has 0 heterocycles. The molecule has 0 spiro atoms. The maximum absolute atomic E-state index is 6.08. The summed E-state index contributed by atoms with van der Waals surface area (Å²) in [6, 6.07) is 17.5. The zero-order valence-corrected chi connectivity index (χ0v) is 13.3. The zero-order chi connectivity index (χ0) is 15.2. The van der Waals surface area contributed by atoms with Crippen molar-refractivity contribution < 1.29 is 4.74 Å². The van der Waals surface area contributed by atoms with Crippen molar-refractivity contribution in [1.29, 1.82) is 0 Å². The predicted octanol–water partition coefficient (Wildman–Crippen LogP) is 4.61. The molecule has 1 fully saturated rings. The van der Waals surface area contributed by atoms with E-state index in [0.29, 0.717) is 12.6 Å². The highest BCUT2D eigenvalue weighted by atomic mass is 16.5. The number of rotatable bonds is 6. The highest BCUT2D eigenvalue weighted by Gasteiger charge is 2.14. The lowest BCUT2D eigenvalue weighted by atomic mass is 10.1. The van der Waals surface area contributed by atoms with E-state index in [1.54, 1.807) is 0 Å². The number of hydrogen-bond acceptors (Lipinski definition) is 2. The third-order valence-electron chi connectivity index (χ3n) is 4.55. The fourth-order valence-corrected chi connectivity index (χ4v) is 3.10. The van der Waals surface area contributed by atoms with Crippen LogP contribution in [-0.4, -0.2) is 6.04 Å². The van der Waals surface area contributed by atoms with Gasteiger partial charge in [0.1, 0.15) is 12.4 Å². The van der Waals surface area contributed by atoms with E-state index < -0.39 is 0 Å². The molecule has 0 aliphatic heterocycles. The van der Waals surface area contributed by atoms with Crippen molar-refractivity contribution in [3.05, 3.63) is 65.2 Å². The molecule has 2 aromatic rings. The summed E-state index contributed by atoms with van der Waals surface area (Å²) >= 11 is 0.